The van der Waals surface area contributed by atoms with Crippen molar-refractivity contribution in [1.82, 2.24) is 4.72 Å². The van der Waals surface area contributed by atoms with Crippen LogP contribution in [0.4, 0.5) is 0 Å². The van der Waals surface area contributed by atoms with Crippen molar-refractivity contribution >= 4 is 26.0 Å². The number of ether oxygens (including phenoxy) is 1. The van der Waals surface area contributed by atoms with Gasteiger partial charge in [-0.1, -0.05) is 22.0 Å². The van der Waals surface area contributed by atoms with Crippen molar-refractivity contribution < 1.29 is 13.2 Å². The Labute approximate surface area is 145 Å². The van der Waals surface area contributed by atoms with Crippen LogP contribution in [0.25, 0.3) is 0 Å². The van der Waals surface area contributed by atoms with E-state index in [1.165, 1.54) is 0 Å². The van der Waals surface area contributed by atoms with Crippen LogP contribution >= 0.6 is 15.9 Å². The molecule has 2 aromatic rings. The lowest BCUT2D eigenvalue weighted by Gasteiger charge is -2.26. The van der Waals surface area contributed by atoms with Crippen molar-refractivity contribution in [3.05, 3.63) is 57.6 Å². The highest BCUT2D eigenvalue weighted by molar-refractivity contribution is 9.10. The van der Waals surface area contributed by atoms with Gasteiger partial charge in [-0.25, -0.2) is 13.1 Å². The Morgan fingerprint density at radius 1 is 1.13 bits per heavy atom. The number of halogens is 1. The summed E-state index contributed by atoms with van der Waals surface area (Å²) in [5.41, 5.74) is 3.03. The molecule has 0 bridgehead atoms. The zero-order valence-electron chi connectivity index (χ0n) is 13.0. The monoisotopic (exact) mass is 395 g/mol. The molecule has 1 heterocycles. The smallest absolute Gasteiger partial charge is 0.240 e. The first-order valence-electron chi connectivity index (χ1n) is 7.36. The van der Waals surface area contributed by atoms with Crippen LogP contribution < -0.4 is 9.46 Å². The van der Waals surface area contributed by atoms with Crippen LogP contribution in [0.3, 0.4) is 0 Å². The lowest BCUT2D eigenvalue weighted by atomic mass is 10.0. The minimum atomic E-state index is -3.55. The van der Waals surface area contributed by atoms with Gasteiger partial charge in [-0.05, 0) is 67.3 Å². The van der Waals surface area contributed by atoms with Gasteiger partial charge in [0, 0.05) is 4.47 Å². The van der Waals surface area contributed by atoms with Gasteiger partial charge in [0.15, 0.2) is 0 Å². The number of hydrogen-bond donors (Lipinski definition) is 1. The van der Waals surface area contributed by atoms with Crippen molar-refractivity contribution in [2.24, 2.45) is 0 Å². The third-order valence-electron chi connectivity index (χ3n) is 4.04. The normalized spacial score (nSPS) is 17.4. The van der Waals surface area contributed by atoms with Gasteiger partial charge in [0.2, 0.25) is 10.0 Å². The second-order valence-corrected chi connectivity index (χ2v) is 8.46. The van der Waals surface area contributed by atoms with Gasteiger partial charge >= 0.3 is 0 Å². The predicted molar refractivity (Wildman–Crippen MR) is 93.4 cm³/mol. The molecule has 23 heavy (non-hydrogen) atoms. The van der Waals surface area contributed by atoms with Gasteiger partial charge in [-0.3, -0.25) is 0 Å². The lowest BCUT2D eigenvalue weighted by molar-refractivity contribution is 0.254. The predicted octanol–water partition coefficient (Wildman–Crippen LogP) is 3.35. The first kappa shape index (κ1) is 16.5. The fourth-order valence-corrected chi connectivity index (χ4v) is 4.32. The Balaban J connectivity index is 1.80. The maximum absolute atomic E-state index is 12.6. The number of benzene rings is 2. The summed E-state index contributed by atoms with van der Waals surface area (Å²) in [6.07, 6.45) is 0.610. The van der Waals surface area contributed by atoms with Crippen molar-refractivity contribution in [3.63, 3.8) is 0 Å². The highest BCUT2D eigenvalue weighted by atomic mass is 79.9. The molecule has 4 nitrogen and oxygen atoms in total. The molecule has 0 amide bonds. The molecule has 0 saturated heterocycles. The molecule has 1 N–H and O–H groups in total. The maximum atomic E-state index is 12.6. The van der Waals surface area contributed by atoms with E-state index in [0.717, 1.165) is 26.9 Å². The fourth-order valence-electron chi connectivity index (χ4n) is 2.61. The number of rotatable bonds is 3. The molecule has 1 aliphatic rings. The summed E-state index contributed by atoms with van der Waals surface area (Å²) < 4.78 is 34.5. The third-order valence-corrected chi connectivity index (χ3v) is 6.05. The van der Waals surface area contributed by atoms with Gasteiger partial charge in [0.1, 0.15) is 12.4 Å². The summed E-state index contributed by atoms with van der Waals surface area (Å²) in [4.78, 5) is 0.292. The van der Waals surface area contributed by atoms with Crippen LogP contribution in [0.2, 0.25) is 0 Å². The molecule has 2 aromatic carbocycles. The average Bonchev–Trinajstić information content (AvgIpc) is 2.49. The molecule has 122 valence electrons. The molecule has 6 heteroatoms. The van der Waals surface area contributed by atoms with Crippen molar-refractivity contribution in [1.29, 1.82) is 0 Å². The van der Waals surface area contributed by atoms with Gasteiger partial charge < -0.3 is 4.74 Å². The van der Waals surface area contributed by atoms with Crippen LogP contribution in [0.5, 0.6) is 5.75 Å². The van der Waals surface area contributed by atoms with Crippen molar-refractivity contribution in [3.8, 4) is 5.75 Å². The van der Waals surface area contributed by atoms with Gasteiger partial charge in [-0.2, -0.15) is 0 Å². The molecule has 0 radical (unpaired) electrons. The van der Waals surface area contributed by atoms with Crippen molar-refractivity contribution in [2.45, 2.75) is 31.2 Å². The largest absolute Gasteiger partial charge is 0.492 e. The van der Waals surface area contributed by atoms with Crippen LogP contribution in [0, 0.1) is 13.8 Å². The number of fused-ring (bicyclic) bond motifs is 1. The Bertz CT molecular complexity index is 849. The first-order chi connectivity index (χ1) is 10.8. The molecule has 0 saturated carbocycles. The number of hydrogen-bond acceptors (Lipinski definition) is 3. The second kappa shape index (κ2) is 6.26. The summed E-state index contributed by atoms with van der Waals surface area (Å²) in [6.45, 7) is 4.20. The molecule has 0 unspecified atom stereocenters. The van der Waals surface area contributed by atoms with Crippen LogP contribution in [0.1, 0.15) is 16.7 Å². The standard InChI is InChI=1S/C17H18BrNO3S/c1-11-3-5-16(7-12(11)2)23(20,21)19-15-9-13-8-14(18)4-6-17(13)22-10-15/h3-8,15,19H,9-10H2,1-2H3/t15-/m1/s1. The van der Waals surface area contributed by atoms with E-state index < -0.39 is 10.0 Å². The van der Waals surface area contributed by atoms with Gasteiger partial charge in [0.25, 0.3) is 0 Å². The molecule has 3 rings (SSSR count). The van der Waals surface area contributed by atoms with E-state index in [-0.39, 0.29) is 6.04 Å². The minimum Gasteiger partial charge on any atom is -0.492 e. The molecular formula is C17H18BrNO3S. The summed E-state index contributed by atoms with van der Waals surface area (Å²) >= 11 is 3.43. The van der Waals surface area contributed by atoms with E-state index in [0.29, 0.717) is 17.9 Å². The van der Waals surface area contributed by atoms with Crippen molar-refractivity contribution in [2.75, 3.05) is 6.61 Å². The lowest BCUT2D eigenvalue weighted by Crippen LogP contribution is -2.42. The Morgan fingerprint density at radius 3 is 2.65 bits per heavy atom. The molecule has 0 fully saturated rings. The summed E-state index contributed by atoms with van der Waals surface area (Å²) in [6, 6.07) is 10.7. The van der Waals surface area contributed by atoms with E-state index in [2.05, 4.69) is 20.7 Å². The Morgan fingerprint density at radius 2 is 1.91 bits per heavy atom. The third kappa shape index (κ3) is 3.59. The fraction of sp³-hybridized carbons (Fsp3) is 0.294. The van der Waals surface area contributed by atoms with Crippen LogP contribution in [-0.2, 0) is 16.4 Å². The molecular weight excluding hydrogens is 378 g/mol. The molecule has 0 aromatic heterocycles. The highest BCUT2D eigenvalue weighted by Gasteiger charge is 2.25. The molecule has 1 atom stereocenters. The van der Waals surface area contributed by atoms with Crippen LogP contribution in [-0.4, -0.2) is 21.1 Å². The molecule has 0 spiro atoms. The average molecular weight is 396 g/mol. The second-order valence-electron chi connectivity index (χ2n) is 5.83. The topological polar surface area (TPSA) is 55.4 Å². The SMILES string of the molecule is Cc1ccc(S(=O)(=O)N[C@H]2COc3ccc(Br)cc3C2)cc1C. The number of aryl methyl sites for hydroxylation is 2. The van der Waals surface area contributed by atoms with E-state index in [1.807, 2.05) is 38.1 Å². The van der Waals surface area contributed by atoms with E-state index >= 15 is 0 Å². The maximum Gasteiger partial charge on any atom is 0.240 e. The first-order valence-corrected chi connectivity index (χ1v) is 9.63. The van der Waals surface area contributed by atoms with E-state index in [4.69, 9.17) is 4.74 Å². The van der Waals surface area contributed by atoms with Crippen LogP contribution in [0.15, 0.2) is 45.8 Å². The van der Waals surface area contributed by atoms with E-state index in [9.17, 15) is 8.42 Å². The molecule has 1 aliphatic heterocycles. The Kier molecular flexibility index (Phi) is 4.49. The molecule has 0 aliphatic carbocycles. The quantitative estimate of drug-likeness (QED) is 0.866. The number of sulfonamides is 1. The summed E-state index contributed by atoms with van der Waals surface area (Å²) in [5.74, 6) is 0.815. The Hall–Kier alpha value is -1.37. The highest BCUT2D eigenvalue weighted by Crippen LogP contribution is 2.28. The van der Waals surface area contributed by atoms with Gasteiger partial charge in [-0.15, -0.1) is 0 Å². The summed E-state index contributed by atoms with van der Waals surface area (Å²) in [7, 11) is -3.55. The zero-order chi connectivity index (χ0) is 16.6. The summed E-state index contributed by atoms with van der Waals surface area (Å²) in [5, 5.41) is 0. The zero-order valence-corrected chi connectivity index (χ0v) is 15.4. The van der Waals surface area contributed by atoms with Gasteiger partial charge in [0.05, 0.1) is 10.9 Å². The van der Waals surface area contributed by atoms with E-state index in [1.54, 1.807) is 12.1 Å². The minimum absolute atomic E-state index is 0.275. The number of nitrogens with one attached hydrogen (secondary N) is 1.